The Morgan fingerprint density at radius 3 is 1.53 bits per heavy atom. The van der Waals surface area contributed by atoms with Gasteiger partial charge in [-0.25, -0.2) is 16.8 Å². The molecule has 0 radical (unpaired) electrons. The van der Waals surface area contributed by atoms with Crippen LogP contribution < -0.4 is 0 Å². The molecule has 0 bridgehead atoms. The lowest BCUT2D eigenvalue weighted by atomic mass is 10.3. The van der Waals surface area contributed by atoms with Crippen molar-refractivity contribution >= 4 is 29.6 Å². The molecule has 0 unspecified atom stereocenters. The van der Waals surface area contributed by atoms with Gasteiger partial charge in [-0.05, 0) is 45.0 Å². The number of hydrogen-bond donors (Lipinski definition) is 0. The molecule has 4 nitrogen and oxygen atoms in total. The summed E-state index contributed by atoms with van der Waals surface area (Å²) in [6.07, 6.45) is 0. The van der Waals surface area contributed by atoms with Crippen LogP contribution in [0.1, 0.15) is 20.8 Å². The summed E-state index contributed by atoms with van der Waals surface area (Å²) in [6, 6.07) is 4.85. The minimum absolute atomic E-state index is 0.0778. The van der Waals surface area contributed by atoms with E-state index in [1.807, 2.05) is 0 Å². The Kier molecular flexibility index (Phi) is 3.63. The smallest absolute Gasteiger partial charge is 0.223 e. The first kappa shape index (κ1) is 14.5. The summed E-state index contributed by atoms with van der Waals surface area (Å²) < 4.78 is 45.1. The lowest BCUT2D eigenvalue weighted by Gasteiger charge is -2.19. The highest BCUT2D eigenvalue weighted by Crippen LogP contribution is 2.26. The van der Waals surface area contributed by atoms with Crippen molar-refractivity contribution < 1.29 is 16.8 Å². The fraction of sp³-hybridized carbons (Fsp3) is 0.400. The first-order chi connectivity index (χ1) is 7.46. The van der Waals surface area contributed by atoms with Gasteiger partial charge in [-0.15, -0.1) is 0 Å². The normalized spacial score (nSPS) is 13.6. The van der Waals surface area contributed by atoms with Gasteiger partial charge in [-0.2, -0.15) is 0 Å². The molecule has 1 aromatic carbocycles. The van der Waals surface area contributed by atoms with Crippen molar-refractivity contribution in [1.29, 1.82) is 0 Å². The van der Waals surface area contributed by atoms with Gasteiger partial charge < -0.3 is 0 Å². The summed E-state index contributed by atoms with van der Waals surface area (Å²) in [7, 11) is -2.16. The molecule has 96 valence electrons. The molecule has 1 rings (SSSR count). The molecule has 0 amide bonds. The standard InChI is InChI=1S/C10H13ClO4S2/c1-10(2,3)16(12,13)8-4-6-9(7-5-8)17(11,14)15/h4-7H,1-3H3. The van der Waals surface area contributed by atoms with Crippen LogP contribution in [-0.2, 0) is 18.9 Å². The first-order valence-electron chi connectivity index (χ1n) is 4.75. The third-order valence-corrected chi connectivity index (χ3v) is 6.10. The molecule has 0 fully saturated rings. The second kappa shape index (κ2) is 4.26. The lowest BCUT2D eigenvalue weighted by Crippen LogP contribution is -2.27. The molecule has 17 heavy (non-hydrogen) atoms. The van der Waals surface area contributed by atoms with E-state index in [-0.39, 0.29) is 9.79 Å². The SMILES string of the molecule is CC(C)(C)S(=O)(=O)c1ccc(S(=O)(=O)Cl)cc1. The molecular formula is C10H13ClO4S2. The van der Waals surface area contributed by atoms with E-state index in [0.29, 0.717) is 0 Å². The molecule has 0 aliphatic heterocycles. The lowest BCUT2D eigenvalue weighted by molar-refractivity contribution is 0.560. The molecule has 0 saturated carbocycles. The maximum atomic E-state index is 12.0. The average molecular weight is 297 g/mol. The minimum Gasteiger partial charge on any atom is -0.223 e. The van der Waals surface area contributed by atoms with Crippen LogP contribution >= 0.6 is 10.7 Å². The summed E-state index contributed by atoms with van der Waals surface area (Å²) in [5.74, 6) is 0. The predicted octanol–water partition coefficient (Wildman–Crippen LogP) is 2.19. The van der Waals surface area contributed by atoms with Crippen molar-refractivity contribution in [3.63, 3.8) is 0 Å². The van der Waals surface area contributed by atoms with Crippen molar-refractivity contribution in [2.24, 2.45) is 0 Å². The number of hydrogen-bond acceptors (Lipinski definition) is 4. The topological polar surface area (TPSA) is 68.3 Å². The van der Waals surface area contributed by atoms with Crippen LogP contribution in [0.5, 0.6) is 0 Å². The molecular weight excluding hydrogens is 284 g/mol. The zero-order valence-electron chi connectivity index (χ0n) is 9.64. The summed E-state index contributed by atoms with van der Waals surface area (Å²) in [6.45, 7) is 4.73. The molecule has 0 aliphatic rings. The number of sulfone groups is 1. The third-order valence-electron chi connectivity index (χ3n) is 2.22. The molecule has 0 aliphatic carbocycles. The number of rotatable bonds is 2. The molecule has 7 heteroatoms. The van der Waals surface area contributed by atoms with E-state index in [1.165, 1.54) is 24.3 Å². The van der Waals surface area contributed by atoms with Crippen molar-refractivity contribution in [2.75, 3.05) is 0 Å². The van der Waals surface area contributed by atoms with E-state index in [1.54, 1.807) is 20.8 Å². The van der Waals surface area contributed by atoms with Crippen LogP contribution in [-0.4, -0.2) is 21.6 Å². The Bertz CT molecular complexity index is 607. The van der Waals surface area contributed by atoms with E-state index >= 15 is 0 Å². The maximum Gasteiger partial charge on any atom is 0.261 e. The summed E-state index contributed by atoms with van der Waals surface area (Å²) in [4.78, 5) is -0.0407. The van der Waals surface area contributed by atoms with Gasteiger partial charge in [0.25, 0.3) is 9.05 Å². The average Bonchev–Trinajstić information content (AvgIpc) is 2.15. The largest absolute Gasteiger partial charge is 0.261 e. The van der Waals surface area contributed by atoms with Crippen LogP contribution in [0.15, 0.2) is 34.1 Å². The van der Waals surface area contributed by atoms with Crippen molar-refractivity contribution in [3.05, 3.63) is 24.3 Å². The van der Waals surface area contributed by atoms with E-state index in [0.717, 1.165) is 0 Å². The van der Waals surface area contributed by atoms with E-state index in [4.69, 9.17) is 10.7 Å². The highest BCUT2D eigenvalue weighted by molar-refractivity contribution is 8.13. The Hall–Kier alpha value is -0.590. The molecule has 0 heterocycles. The number of benzene rings is 1. The van der Waals surface area contributed by atoms with Crippen LogP contribution in [0, 0.1) is 0 Å². The second-order valence-corrected chi connectivity index (χ2v) is 9.79. The van der Waals surface area contributed by atoms with Gasteiger partial charge in [0.2, 0.25) is 0 Å². The molecule has 0 aromatic heterocycles. The van der Waals surface area contributed by atoms with Crippen LogP contribution in [0.25, 0.3) is 0 Å². The monoisotopic (exact) mass is 296 g/mol. The molecule has 0 saturated heterocycles. The van der Waals surface area contributed by atoms with E-state index in [9.17, 15) is 16.8 Å². The van der Waals surface area contributed by atoms with Gasteiger partial charge in [-0.3, -0.25) is 0 Å². The Labute approximate surface area is 106 Å². The van der Waals surface area contributed by atoms with Gasteiger partial charge in [0.1, 0.15) is 0 Å². The van der Waals surface area contributed by atoms with Gasteiger partial charge in [-0.1, -0.05) is 0 Å². The van der Waals surface area contributed by atoms with Crippen molar-refractivity contribution in [3.8, 4) is 0 Å². The highest BCUT2D eigenvalue weighted by Gasteiger charge is 2.30. The highest BCUT2D eigenvalue weighted by atomic mass is 35.7. The quantitative estimate of drug-likeness (QED) is 0.785. The van der Waals surface area contributed by atoms with Crippen molar-refractivity contribution in [1.82, 2.24) is 0 Å². The van der Waals surface area contributed by atoms with Gasteiger partial charge in [0, 0.05) is 10.7 Å². The van der Waals surface area contributed by atoms with Crippen LogP contribution in [0.4, 0.5) is 0 Å². The zero-order valence-corrected chi connectivity index (χ0v) is 12.0. The van der Waals surface area contributed by atoms with Gasteiger partial charge in [0.05, 0.1) is 14.5 Å². The predicted molar refractivity (Wildman–Crippen MR) is 66.4 cm³/mol. The summed E-state index contributed by atoms with van der Waals surface area (Å²) in [5.41, 5.74) is 0. The molecule has 1 aromatic rings. The van der Waals surface area contributed by atoms with Crippen LogP contribution in [0.3, 0.4) is 0 Å². The molecule has 0 spiro atoms. The first-order valence-corrected chi connectivity index (χ1v) is 8.55. The van der Waals surface area contributed by atoms with Gasteiger partial charge in [0.15, 0.2) is 9.84 Å². The van der Waals surface area contributed by atoms with E-state index < -0.39 is 23.6 Å². The summed E-state index contributed by atoms with van der Waals surface area (Å²) >= 11 is 0. The Morgan fingerprint density at radius 2 is 1.24 bits per heavy atom. The van der Waals surface area contributed by atoms with Crippen LogP contribution in [0.2, 0.25) is 0 Å². The molecule has 0 atom stereocenters. The fourth-order valence-corrected chi connectivity index (χ4v) is 3.11. The fourth-order valence-electron chi connectivity index (χ4n) is 1.13. The second-order valence-electron chi connectivity index (χ2n) is 4.53. The Balaban J connectivity index is 3.31. The zero-order chi connectivity index (χ0) is 13.5. The maximum absolute atomic E-state index is 12.0. The Morgan fingerprint density at radius 1 is 0.882 bits per heavy atom. The van der Waals surface area contributed by atoms with Crippen molar-refractivity contribution in [2.45, 2.75) is 35.3 Å². The minimum atomic E-state index is -3.82. The number of halogens is 1. The summed E-state index contributed by atoms with van der Waals surface area (Å²) in [5, 5.41) is 0. The van der Waals surface area contributed by atoms with E-state index in [2.05, 4.69) is 0 Å². The third kappa shape index (κ3) is 3.00. The van der Waals surface area contributed by atoms with Gasteiger partial charge >= 0.3 is 0 Å². The molecule has 0 N–H and O–H groups in total.